The van der Waals surface area contributed by atoms with Crippen LogP contribution in [0.2, 0.25) is 0 Å². The van der Waals surface area contributed by atoms with Gasteiger partial charge in [-0.25, -0.2) is 0 Å². The molecule has 2 atom stereocenters. The lowest BCUT2D eigenvalue weighted by Gasteiger charge is -2.37. The van der Waals surface area contributed by atoms with Gasteiger partial charge in [0.05, 0.1) is 4.92 Å². The predicted octanol–water partition coefficient (Wildman–Crippen LogP) is 3.44. The molecule has 2 unspecified atom stereocenters. The Bertz CT molecular complexity index is 461. The summed E-state index contributed by atoms with van der Waals surface area (Å²) >= 11 is 0. The van der Waals surface area contributed by atoms with Crippen LogP contribution in [0.25, 0.3) is 0 Å². The third kappa shape index (κ3) is 3.53. The third-order valence-electron chi connectivity index (χ3n) is 4.21. The lowest BCUT2D eigenvalue weighted by molar-refractivity contribution is -0.385. The van der Waals surface area contributed by atoms with Crippen molar-refractivity contribution in [3.05, 3.63) is 39.9 Å². The first kappa shape index (κ1) is 14.0. The van der Waals surface area contributed by atoms with E-state index in [4.69, 9.17) is 5.73 Å². The van der Waals surface area contributed by atoms with Gasteiger partial charge < -0.3 is 5.73 Å². The number of para-hydroxylation sites is 1. The van der Waals surface area contributed by atoms with E-state index in [-0.39, 0.29) is 16.1 Å². The molecule has 4 heteroatoms. The number of hydrogen-bond acceptors (Lipinski definition) is 3. The van der Waals surface area contributed by atoms with Gasteiger partial charge >= 0.3 is 0 Å². The monoisotopic (exact) mass is 262 g/mol. The molecule has 1 fully saturated rings. The highest BCUT2D eigenvalue weighted by molar-refractivity contribution is 5.39. The summed E-state index contributed by atoms with van der Waals surface area (Å²) in [4.78, 5) is 10.7. The van der Waals surface area contributed by atoms with Crippen LogP contribution in [-0.2, 0) is 6.42 Å². The number of nitro groups is 1. The molecule has 104 valence electrons. The van der Waals surface area contributed by atoms with Gasteiger partial charge in [0, 0.05) is 17.2 Å². The van der Waals surface area contributed by atoms with E-state index in [9.17, 15) is 10.1 Å². The second-order valence-corrected chi connectivity index (χ2v) is 5.95. The first-order valence-electron chi connectivity index (χ1n) is 7.01. The van der Waals surface area contributed by atoms with Crippen molar-refractivity contribution in [3.63, 3.8) is 0 Å². The lowest BCUT2D eigenvalue weighted by Crippen LogP contribution is -2.44. The molecule has 0 bridgehead atoms. The maximum atomic E-state index is 11.0. The van der Waals surface area contributed by atoms with Gasteiger partial charge in [-0.15, -0.1) is 0 Å². The van der Waals surface area contributed by atoms with Crippen LogP contribution >= 0.6 is 0 Å². The van der Waals surface area contributed by atoms with Crippen molar-refractivity contribution in [1.82, 2.24) is 0 Å². The minimum atomic E-state index is -0.304. The summed E-state index contributed by atoms with van der Waals surface area (Å²) in [6.45, 7) is 2.24. The maximum absolute atomic E-state index is 11.0. The molecule has 1 aromatic rings. The molecule has 2 rings (SSSR count). The van der Waals surface area contributed by atoms with E-state index < -0.39 is 0 Å². The molecule has 0 radical (unpaired) electrons. The molecular weight excluding hydrogens is 240 g/mol. The molecular formula is C15H22N2O2. The van der Waals surface area contributed by atoms with Crippen LogP contribution in [0, 0.1) is 16.0 Å². The van der Waals surface area contributed by atoms with Gasteiger partial charge in [-0.05, 0) is 31.6 Å². The van der Waals surface area contributed by atoms with Crippen molar-refractivity contribution < 1.29 is 4.92 Å². The van der Waals surface area contributed by atoms with Crippen LogP contribution in [0.15, 0.2) is 24.3 Å². The number of hydrogen-bond donors (Lipinski definition) is 1. The number of aryl methyl sites for hydroxylation is 1. The molecule has 0 saturated heterocycles. The number of nitrogens with two attached hydrogens (primary N) is 1. The van der Waals surface area contributed by atoms with Gasteiger partial charge in [-0.1, -0.05) is 38.0 Å². The molecule has 4 nitrogen and oxygen atoms in total. The number of nitrogens with zero attached hydrogens (tertiary/aromatic N) is 1. The third-order valence-corrected chi connectivity index (χ3v) is 4.21. The van der Waals surface area contributed by atoms with Crippen LogP contribution in [0.5, 0.6) is 0 Å². The number of rotatable bonds is 4. The Labute approximate surface area is 114 Å². The lowest BCUT2D eigenvalue weighted by atomic mass is 9.74. The fourth-order valence-corrected chi connectivity index (χ4v) is 3.21. The molecule has 0 heterocycles. The predicted molar refractivity (Wildman–Crippen MR) is 76.0 cm³/mol. The maximum Gasteiger partial charge on any atom is 0.272 e. The van der Waals surface area contributed by atoms with E-state index in [1.807, 2.05) is 12.1 Å². The van der Waals surface area contributed by atoms with E-state index in [1.165, 1.54) is 12.8 Å². The van der Waals surface area contributed by atoms with Crippen LogP contribution < -0.4 is 5.73 Å². The van der Waals surface area contributed by atoms with E-state index in [0.717, 1.165) is 24.8 Å². The minimum Gasteiger partial charge on any atom is -0.325 e. The van der Waals surface area contributed by atoms with Crippen molar-refractivity contribution in [3.8, 4) is 0 Å². The van der Waals surface area contributed by atoms with Gasteiger partial charge in [0.2, 0.25) is 0 Å². The van der Waals surface area contributed by atoms with Gasteiger partial charge in [-0.2, -0.15) is 0 Å². The Morgan fingerprint density at radius 1 is 1.47 bits per heavy atom. The second kappa shape index (κ2) is 5.70. The topological polar surface area (TPSA) is 69.2 Å². The highest BCUT2D eigenvalue weighted by Crippen LogP contribution is 2.34. The van der Waals surface area contributed by atoms with Crippen molar-refractivity contribution in [2.45, 2.75) is 51.0 Å². The van der Waals surface area contributed by atoms with Crippen molar-refractivity contribution in [2.24, 2.45) is 11.7 Å². The zero-order valence-electron chi connectivity index (χ0n) is 11.5. The fourth-order valence-electron chi connectivity index (χ4n) is 3.21. The highest BCUT2D eigenvalue weighted by atomic mass is 16.6. The average molecular weight is 262 g/mol. The molecule has 0 aromatic heterocycles. The Balaban J connectivity index is 2.04. The number of nitro benzene ring substituents is 1. The molecule has 0 spiro atoms. The van der Waals surface area contributed by atoms with Crippen LogP contribution in [-0.4, -0.2) is 10.5 Å². The summed E-state index contributed by atoms with van der Waals surface area (Å²) in [5.74, 6) is 0.671. The smallest absolute Gasteiger partial charge is 0.272 e. The average Bonchev–Trinajstić information content (AvgIpc) is 2.36. The van der Waals surface area contributed by atoms with E-state index in [1.54, 1.807) is 12.1 Å². The van der Waals surface area contributed by atoms with E-state index >= 15 is 0 Å². The minimum absolute atomic E-state index is 0.138. The Kier molecular flexibility index (Phi) is 4.20. The normalized spacial score (nSPS) is 27.2. The van der Waals surface area contributed by atoms with Crippen molar-refractivity contribution >= 4 is 5.69 Å². The summed E-state index contributed by atoms with van der Waals surface area (Å²) < 4.78 is 0. The van der Waals surface area contributed by atoms with Gasteiger partial charge in [-0.3, -0.25) is 10.1 Å². The fraction of sp³-hybridized carbons (Fsp3) is 0.600. The molecule has 1 aromatic carbocycles. The zero-order chi connectivity index (χ0) is 13.9. The van der Waals surface area contributed by atoms with E-state index in [0.29, 0.717) is 12.3 Å². The zero-order valence-corrected chi connectivity index (χ0v) is 11.5. The molecule has 0 amide bonds. The standard InChI is InChI=1S/C15H22N2O2/c1-12-5-4-9-15(16,11-12)10-8-13-6-2-3-7-14(13)17(18)19/h2-3,6-7,12H,4-5,8-11,16H2,1H3. The Morgan fingerprint density at radius 3 is 2.89 bits per heavy atom. The first-order valence-corrected chi connectivity index (χ1v) is 7.01. The Morgan fingerprint density at radius 2 is 2.21 bits per heavy atom. The molecule has 1 aliphatic carbocycles. The molecule has 0 aliphatic heterocycles. The molecule has 19 heavy (non-hydrogen) atoms. The van der Waals surface area contributed by atoms with Crippen LogP contribution in [0.1, 0.15) is 44.6 Å². The molecule has 1 aliphatic rings. The molecule has 2 N–H and O–H groups in total. The molecule has 1 saturated carbocycles. The summed E-state index contributed by atoms with van der Waals surface area (Å²) in [5.41, 5.74) is 7.34. The summed E-state index contributed by atoms with van der Waals surface area (Å²) in [7, 11) is 0. The van der Waals surface area contributed by atoms with Gasteiger partial charge in [0.15, 0.2) is 0 Å². The van der Waals surface area contributed by atoms with Crippen LogP contribution in [0.3, 0.4) is 0 Å². The van der Waals surface area contributed by atoms with Gasteiger partial charge in [0.25, 0.3) is 5.69 Å². The van der Waals surface area contributed by atoms with Crippen molar-refractivity contribution in [2.75, 3.05) is 0 Å². The quantitative estimate of drug-likeness (QED) is 0.667. The summed E-state index contributed by atoms with van der Waals surface area (Å²) in [5, 5.41) is 11.0. The van der Waals surface area contributed by atoms with E-state index in [2.05, 4.69) is 6.92 Å². The summed E-state index contributed by atoms with van der Waals surface area (Å²) in [6.07, 6.45) is 6.03. The first-order chi connectivity index (χ1) is 9.00. The summed E-state index contributed by atoms with van der Waals surface area (Å²) in [6, 6.07) is 6.98. The Hall–Kier alpha value is -1.42. The van der Waals surface area contributed by atoms with Crippen molar-refractivity contribution in [1.29, 1.82) is 0 Å². The number of benzene rings is 1. The van der Waals surface area contributed by atoms with Gasteiger partial charge in [0.1, 0.15) is 0 Å². The second-order valence-electron chi connectivity index (χ2n) is 5.95. The largest absolute Gasteiger partial charge is 0.325 e. The SMILES string of the molecule is CC1CCCC(N)(CCc2ccccc2[N+](=O)[O-])C1. The van der Waals surface area contributed by atoms with Crippen LogP contribution in [0.4, 0.5) is 5.69 Å². The highest BCUT2D eigenvalue weighted by Gasteiger charge is 2.31.